The summed E-state index contributed by atoms with van der Waals surface area (Å²) >= 11 is 0. The number of urea groups is 1. The Balaban J connectivity index is 2.38. The first-order valence-corrected chi connectivity index (χ1v) is 6.43. The second-order valence-electron chi connectivity index (χ2n) is 3.99. The molecule has 0 aromatic carbocycles. The third-order valence-electron chi connectivity index (χ3n) is 2.41. The number of amides is 2. The van der Waals surface area contributed by atoms with E-state index in [4.69, 9.17) is 9.84 Å². The van der Waals surface area contributed by atoms with Crippen molar-refractivity contribution in [2.24, 2.45) is 0 Å². The van der Waals surface area contributed by atoms with Crippen molar-refractivity contribution in [3.63, 3.8) is 0 Å². The van der Waals surface area contributed by atoms with Crippen LogP contribution in [0, 0.1) is 0 Å². The zero-order valence-electron chi connectivity index (χ0n) is 11.6. The second-order valence-corrected chi connectivity index (χ2v) is 3.99. The summed E-state index contributed by atoms with van der Waals surface area (Å²) in [4.78, 5) is 37.3. The molecule has 0 atom stereocenters. The number of nitrogens with zero attached hydrogens (tertiary/aromatic N) is 1. The number of carbonyl (C=O) groups is 3. The Kier molecular flexibility index (Phi) is 6.66. The summed E-state index contributed by atoms with van der Waals surface area (Å²) in [6.45, 7) is 2.32. The molecule has 0 aliphatic rings. The van der Waals surface area contributed by atoms with E-state index in [-0.39, 0.29) is 30.3 Å². The first-order chi connectivity index (χ1) is 10.0. The Hall–Kier alpha value is -2.64. The molecule has 0 bridgehead atoms. The number of esters is 1. The molecule has 21 heavy (non-hydrogen) atoms. The van der Waals surface area contributed by atoms with Crippen molar-refractivity contribution in [1.82, 2.24) is 10.3 Å². The van der Waals surface area contributed by atoms with Crippen LogP contribution >= 0.6 is 0 Å². The fourth-order valence-corrected chi connectivity index (χ4v) is 1.51. The SMILES string of the molecule is CCOC(=O)CCCNC(=O)Nc1cccnc1C(=O)O. The Morgan fingerprint density at radius 3 is 2.81 bits per heavy atom. The zero-order chi connectivity index (χ0) is 15.7. The maximum Gasteiger partial charge on any atom is 0.356 e. The van der Waals surface area contributed by atoms with Crippen molar-refractivity contribution in [2.45, 2.75) is 19.8 Å². The molecule has 3 N–H and O–H groups in total. The lowest BCUT2D eigenvalue weighted by molar-refractivity contribution is -0.143. The average Bonchev–Trinajstić information content (AvgIpc) is 2.44. The third kappa shape index (κ3) is 5.89. The number of hydrogen-bond acceptors (Lipinski definition) is 5. The normalized spacial score (nSPS) is 9.76. The van der Waals surface area contributed by atoms with Gasteiger partial charge in [0.25, 0.3) is 0 Å². The van der Waals surface area contributed by atoms with Crippen LogP contribution in [0.4, 0.5) is 10.5 Å². The lowest BCUT2D eigenvalue weighted by Gasteiger charge is -2.09. The average molecular weight is 295 g/mol. The van der Waals surface area contributed by atoms with Crippen molar-refractivity contribution >= 4 is 23.7 Å². The van der Waals surface area contributed by atoms with E-state index in [1.54, 1.807) is 6.92 Å². The summed E-state index contributed by atoms with van der Waals surface area (Å²) in [7, 11) is 0. The first kappa shape index (κ1) is 16.4. The third-order valence-corrected chi connectivity index (χ3v) is 2.41. The molecule has 8 heteroatoms. The van der Waals surface area contributed by atoms with E-state index in [1.165, 1.54) is 18.3 Å². The molecule has 1 rings (SSSR count). The highest BCUT2D eigenvalue weighted by atomic mass is 16.5. The standard InChI is InChI=1S/C13H17N3O5/c1-2-21-10(17)6-4-8-15-13(20)16-9-5-3-7-14-11(9)12(18)19/h3,5,7H,2,4,6,8H2,1H3,(H,18,19)(H2,15,16,20). The van der Waals surface area contributed by atoms with Crippen molar-refractivity contribution in [3.8, 4) is 0 Å². The monoisotopic (exact) mass is 295 g/mol. The van der Waals surface area contributed by atoms with Gasteiger partial charge in [-0.2, -0.15) is 0 Å². The van der Waals surface area contributed by atoms with Crippen LogP contribution in [-0.4, -0.2) is 41.2 Å². The fraction of sp³-hybridized carbons (Fsp3) is 0.385. The number of rotatable bonds is 7. The van der Waals surface area contributed by atoms with Gasteiger partial charge in [-0.1, -0.05) is 0 Å². The molecule has 1 heterocycles. The van der Waals surface area contributed by atoms with Crippen LogP contribution in [-0.2, 0) is 9.53 Å². The van der Waals surface area contributed by atoms with Crippen molar-refractivity contribution in [1.29, 1.82) is 0 Å². The Morgan fingerprint density at radius 1 is 1.38 bits per heavy atom. The van der Waals surface area contributed by atoms with Crippen LogP contribution in [0.25, 0.3) is 0 Å². The van der Waals surface area contributed by atoms with Crippen LogP contribution < -0.4 is 10.6 Å². The van der Waals surface area contributed by atoms with Gasteiger partial charge in [0, 0.05) is 19.2 Å². The zero-order valence-corrected chi connectivity index (χ0v) is 11.6. The molecular formula is C13H17N3O5. The van der Waals surface area contributed by atoms with Gasteiger partial charge in [-0.05, 0) is 25.5 Å². The van der Waals surface area contributed by atoms with E-state index in [9.17, 15) is 14.4 Å². The van der Waals surface area contributed by atoms with Crippen LogP contribution in [0.2, 0.25) is 0 Å². The number of pyridine rings is 1. The Bertz CT molecular complexity index is 518. The van der Waals surface area contributed by atoms with Gasteiger partial charge in [-0.3, -0.25) is 4.79 Å². The number of carboxylic acid groups (broad SMARTS) is 1. The Labute approximate surface area is 121 Å². The summed E-state index contributed by atoms with van der Waals surface area (Å²) in [6.07, 6.45) is 1.97. The minimum absolute atomic E-state index is 0.105. The molecule has 1 aromatic heterocycles. The second kappa shape index (κ2) is 8.51. The van der Waals surface area contributed by atoms with Gasteiger partial charge >= 0.3 is 18.0 Å². The molecule has 1 aromatic rings. The van der Waals surface area contributed by atoms with Crippen LogP contribution in [0.5, 0.6) is 0 Å². The minimum Gasteiger partial charge on any atom is -0.476 e. The molecule has 8 nitrogen and oxygen atoms in total. The molecule has 0 fully saturated rings. The number of ether oxygens (including phenoxy) is 1. The van der Waals surface area contributed by atoms with Crippen molar-refractivity contribution in [2.75, 3.05) is 18.5 Å². The highest BCUT2D eigenvalue weighted by molar-refractivity contribution is 5.98. The molecular weight excluding hydrogens is 278 g/mol. The molecule has 0 unspecified atom stereocenters. The number of aromatic carboxylic acids is 1. The molecule has 0 aliphatic heterocycles. The van der Waals surface area contributed by atoms with Gasteiger partial charge in [0.15, 0.2) is 5.69 Å². The van der Waals surface area contributed by atoms with E-state index < -0.39 is 12.0 Å². The molecule has 0 radical (unpaired) electrons. The van der Waals surface area contributed by atoms with Gasteiger partial charge in [-0.15, -0.1) is 0 Å². The minimum atomic E-state index is -1.23. The lowest BCUT2D eigenvalue weighted by atomic mass is 10.3. The van der Waals surface area contributed by atoms with Crippen LogP contribution in [0.15, 0.2) is 18.3 Å². The van der Waals surface area contributed by atoms with Gasteiger partial charge in [0.1, 0.15) is 0 Å². The molecule has 2 amide bonds. The molecule has 0 saturated carbocycles. The van der Waals surface area contributed by atoms with E-state index in [0.29, 0.717) is 13.0 Å². The molecule has 0 saturated heterocycles. The molecule has 0 spiro atoms. The van der Waals surface area contributed by atoms with Gasteiger partial charge in [-0.25, -0.2) is 14.6 Å². The highest BCUT2D eigenvalue weighted by Gasteiger charge is 2.13. The van der Waals surface area contributed by atoms with Crippen molar-refractivity contribution in [3.05, 3.63) is 24.0 Å². The smallest absolute Gasteiger partial charge is 0.356 e. The van der Waals surface area contributed by atoms with Gasteiger partial charge in [0.2, 0.25) is 0 Å². The van der Waals surface area contributed by atoms with E-state index >= 15 is 0 Å². The predicted molar refractivity (Wildman–Crippen MR) is 74.1 cm³/mol. The maximum absolute atomic E-state index is 11.6. The fourth-order valence-electron chi connectivity index (χ4n) is 1.51. The molecule has 0 aliphatic carbocycles. The summed E-state index contributed by atoms with van der Waals surface area (Å²) in [6, 6.07) is 2.40. The number of hydrogen-bond donors (Lipinski definition) is 3. The summed E-state index contributed by atoms with van der Waals surface area (Å²) in [5.41, 5.74) is -0.132. The van der Waals surface area contributed by atoms with Crippen LogP contribution in [0.1, 0.15) is 30.3 Å². The van der Waals surface area contributed by atoms with E-state index in [0.717, 1.165) is 0 Å². The summed E-state index contributed by atoms with van der Waals surface area (Å²) < 4.78 is 4.75. The number of carboxylic acids is 1. The van der Waals surface area contributed by atoms with E-state index in [2.05, 4.69) is 15.6 Å². The molecule has 114 valence electrons. The Morgan fingerprint density at radius 2 is 2.14 bits per heavy atom. The maximum atomic E-state index is 11.6. The largest absolute Gasteiger partial charge is 0.476 e. The number of nitrogens with one attached hydrogen (secondary N) is 2. The number of carbonyl (C=O) groups excluding carboxylic acids is 2. The van der Waals surface area contributed by atoms with Crippen molar-refractivity contribution < 1.29 is 24.2 Å². The topological polar surface area (TPSA) is 118 Å². The van der Waals surface area contributed by atoms with E-state index in [1.807, 2.05) is 0 Å². The first-order valence-electron chi connectivity index (χ1n) is 6.43. The quantitative estimate of drug-likeness (QED) is 0.514. The number of anilines is 1. The lowest BCUT2D eigenvalue weighted by Crippen LogP contribution is -2.30. The summed E-state index contributed by atoms with van der Waals surface area (Å²) in [5, 5.41) is 13.8. The summed E-state index contributed by atoms with van der Waals surface area (Å²) in [5.74, 6) is -1.55. The highest BCUT2D eigenvalue weighted by Crippen LogP contribution is 2.11. The van der Waals surface area contributed by atoms with Crippen LogP contribution in [0.3, 0.4) is 0 Å². The number of aromatic nitrogens is 1. The van der Waals surface area contributed by atoms with Gasteiger partial charge < -0.3 is 20.5 Å². The predicted octanol–water partition coefficient (Wildman–Crippen LogP) is 1.24. The van der Waals surface area contributed by atoms with Gasteiger partial charge in [0.05, 0.1) is 12.3 Å².